The molecule has 404 valence electrons. The number of unbranched alkanes of at least 4 members (excludes halogenated alkanes) is 31. The maximum absolute atomic E-state index is 12.9. The van der Waals surface area contributed by atoms with Crippen molar-refractivity contribution in [3.05, 3.63) is 72.9 Å². The third kappa shape index (κ3) is 55.8. The summed E-state index contributed by atoms with van der Waals surface area (Å²) >= 11 is 0. The van der Waals surface area contributed by atoms with Crippen molar-refractivity contribution in [3.63, 3.8) is 0 Å². The third-order valence-electron chi connectivity index (χ3n) is 12.9. The van der Waals surface area contributed by atoms with Gasteiger partial charge in [0.15, 0.2) is 6.10 Å². The summed E-state index contributed by atoms with van der Waals surface area (Å²) < 4.78 is 16.9. The molecule has 6 heteroatoms. The van der Waals surface area contributed by atoms with Crippen LogP contribution in [0, 0.1) is 0 Å². The van der Waals surface area contributed by atoms with Gasteiger partial charge in [-0.1, -0.05) is 241 Å². The zero-order valence-corrected chi connectivity index (χ0v) is 46.3. The second-order valence-corrected chi connectivity index (χ2v) is 19.9. The van der Waals surface area contributed by atoms with Crippen molar-refractivity contribution in [1.29, 1.82) is 0 Å². The fraction of sp³-hybridized carbons (Fsp3) is 0.766. The molecule has 0 rings (SSSR count). The molecule has 0 bridgehead atoms. The normalized spacial score (nSPS) is 12.6. The Bertz CT molecular complexity index is 1310. The summed E-state index contributed by atoms with van der Waals surface area (Å²) in [5, 5.41) is 0. The zero-order chi connectivity index (χ0) is 50.7. The van der Waals surface area contributed by atoms with Crippen LogP contribution in [-0.2, 0) is 28.6 Å². The first-order valence-corrected chi connectivity index (χ1v) is 29.9. The molecule has 0 fully saturated rings. The molecule has 0 spiro atoms. The van der Waals surface area contributed by atoms with E-state index in [9.17, 15) is 14.4 Å². The first-order chi connectivity index (χ1) is 34.5. The van der Waals surface area contributed by atoms with Crippen molar-refractivity contribution in [2.45, 2.75) is 303 Å². The molecule has 0 aliphatic carbocycles. The van der Waals surface area contributed by atoms with Gasteiger partial charge in [-0.3, -0.25) is 14.4 Å². The molecule has 0 heterocycles. The van der Waals surface area contributed by atoms with E-state index in [0.29, 0.717) is 19.3 Å². The van der Waals surface area contributed by atoms with Gasteiger partial charge in [0.1, 0.15) is 13.2 Å². The van der Waals surface area contributed by atoms with Crippen molar-refractivity contribution >= 4 is 17.9 Å². The summed E-state index contributed by atoms with van der Waals surface area (Å²) in [5.74, 6) is -0.906. The van der Waals surface area contributed by atoms with Gasteiger partial charge in [-0.2, -0.15) is 0 Å². The molecule has 0 aromatic rings. The maximum Gasteiger partial charge on any atom is 0.306 e. The van der Waals surface area contributed by atoms with Crippen LogP contribution in [0.15, 0.2) is 72.9 Å². The predicted molar refractivity (Wildman–Crippen MR) is 302 cm³/mol. The zero-order valence-electron chi connectivity index (χ0n) is 46.3. The van der Waals surface area contributed by atoms with E-state index >= 15 is 0 Å². The Hall–Kier alpha value is -3.15. The summed E-state index contributed by atoms with van der Waals surface area (Å²) in [5.41, 5.74) is 0. The lowest BCUT2D eigenvalue weighted by Gasteiger charge is -2.18. The number of rotatable bonds is 54. The quantitative estimate of drug-likeness (QED) is 0.0261. The molecule has 1 unspecified atom stereocenters. The molecular weight excluding hydrogens is 865 g/mol. The van der Waals surface area contributed by atoms with Gasteiger partial charge >= 0.3 is 17.9 Å². The number of hydrogen-bond donors (Lipinski definition) is 0. The third-order valence-corrected chi connectivity index (χ3v) is 12.9. The van der Waals surface area contributed by atoms with Crippen LogP contribution >= 0.6 is 0 Å². The Morgan fingerprint density at radius 2 is 0.557 bits per heavy atom. The van der Waals surface area contributed by atoms with E-state index in [2.05, 4.69) is 93.7 Å². The molecule has 0 saturated heterocycles. The lowest BCUT2D eigenvalue weighted by Crippen LogP contribution is -2.30. The van der Waals surface area contributed by atoms with Gasteiger partial charge in [-0.25, -0.2) is 0 Å². The van der Waals surface area contributed by atoms with Crippen LogP contribution in [0.1, 0.15) is 297 Å². The van der Waals surface area contributed by atoms with Crippen molar-refractivity contribution in [2.75, 3.05) is 13.2 Å². The second kappa shape index (κ2) is 58.4. The summed E-state index contributed by atoms with van der Waals surface area (Å²) in [6.07, 6.45) is 74.6. The second-order valence-electron chi connectivity index (χ2n) is 19.9. The van der Waals surface area contributed by atoms with Crippen LogP contribution in [0.4, 0.5) is 0 Å². The van der Waals surface area contributed by atoms with Crippen LogP contribution in [0.2, 0.25) is 0 Å². The molecule has 0 saturated carbocycles. The Labute approximate surface area is 433 Å². The lowest BCUT2D eigenvalue weighted by atomic mass is 10.1. The molecule has 0 radical (unpaired) electrons. The number of carbonyl (C=O) groups is 3. The van der Waals surface area contributed by atoms with Crippen molar-refractivity contribution in [3.8, 4) is 0 Å². The lowest BCUT2D eigenvalue weighted by molar-refractivity contribution is -0.167. The number of esters is 3. The van der Waals surface area contributed by atoms with Crippen LogP contribution in [0.5, 0.6) is 0 Å². The van der Waals surface area contributed by atoms with Gasteiger partial charge in [-0.15, -0.1) is 0 Å². The molecular formula is C64H112O6. The largest absolute Gasteiger partial charge is 0.462 e. The van der Waals surface area contributed by atoms with Gasteiger partial charge in [0.2, 0.25) is 0 Å². The molecule has 1 atom stereocenters. The van der Waals surface area contributed by atoms with Gasteiger partial charge in [-0.05, 0) is 109 Å². The Morgan fingerprint density at radius 1 is 0.300 bits per heavy atom. The summed E-state index contributed by atoms with van der Waals surface area (Å²) in [4.78, 5) is 38.2. The van der Waals surface area contributed by atoms with Crippen LogP contribution in [0.25, 0.3) is 0 Å². The first-order valence-electron chi connectivity index (χ1n) is 29.9. The van der Waals surface area contributed by atoms with Gasteiger partial charge < -0.3 is 14.2 Å². The number of hydrogen-bond acceptors (Lipinski definition) is 6. The molecule has 0 aliphatic rings. The molecule has 0 aliphatic heterocycles. The smallest absolute Gasteiger partial charge is 0.306 e. The highest BCUT2D eigenvalue weighted by Gasteiger charge is 2.19. The minimum absolute atomic E-state index is 0.0859. The topological polar surface area (TPSA) is 78.9 Å². The number of allylic oxidation sites excluding steroid dienone is 12. The summed E-state index contributed by atoms with van der Waals surface area (Å²) in [6, 6.07) is 0. The monoisotopic (exact) mass is 977 g/mol. The highest BCUT2D eigenvalue weighted by molar-refractivity contribution is 5.71. The molecule has 70 heavy (non-hydrogen) atoms. The van der Waals surface area contributed by atoms with E-state index in [4.69, 9.17) is 14.2 Å². The van der Waals surface area contributed by atoms with Gasteiger partial charge in [0.25, 0.3) is 0 Å². The van der Waals surface area contributed by atoms with Crippen LogP contribution < -0.4 is 0 Å². The van der Waals surface area contributed by atoms with Crippen LogP contribution in [0.3, 0.4) is 0 Å². The minimum atomic E-state index is -0.789. The fourth-order valence-corrected chi connectivity index (χ4v) is 8.42. The van der Waals surface area contributed by atoms with E-state index in [1.807, 2.05) is 0 Å². The molecule has 0 aromatic carbocycles. The van der Waals surface area contributed by atoms with E-state index in [0.717, 1.165) is 116 Å². The maximum atomic E-state index is 12.9. The molecule has 6 nitrogen and oxygen atoms in total. The van der Waals surface area contributed by atoms with E-state index in [-0.39, 0.29) is 31.1 Å². The van der Waals surface area contributed by atoms with E-state index in [1.165, 1.54) is 141 Å². The number of carbonyl (C=O) groups excluding carboxylic acids is 3. The highest BCUT2D eigenvalue weighted by Crippen LogP contribution is 2.15. The minimum Gasteiger partial charge on any atom is -0.462 e. The fourth-order valence-electron chi connectivity index (χ4n) is 8.42. The summed E-state index contributed by atoms with van der Waals surface area (Å²) in [6.45, 7) is 6.51. The van der Waals surface area contributed by atoms with E-state index < -0.39 is 6.10 Å². The van der Waals surface area contributed by atoms with Crippen molar-refractivity contribution in [2.24, 2.45) is 0 Å². The number of ether oxygens (including phenoxy) is 3. The predicted octanol–water partition coefficient (Wildman–Crippen LogP) is 20.2. The Balaban J connectivity index is 4.38. The van der Waals surface area contributed by atoms with Gasteiger partial charge in [0.05, 0.1) is 0 Å². The Kier molecular flexibility index (Phi) is 55.8. The average molecular weight is 978 g/mol. The van der Waals surface area contributed by atoms with E-state index in [1.54, 1.807) is 0 Å². The average Bonchev–Trinajstić information content (AvgIpc) is 3.36. The van der Waals surface area contributed by atoms with Crippen molar-refractivity contribution < 1.29 is 28.6 Å². The highest BCUT2D eigenvalue weighted by atomic mass is 16.6. The SMILES string of the molecule is CC/C=C\C/C=C\C/C=C\CCCCCCCC(=O)OCC(COC(=O)CCCCCCCCCCC/C=C\C/C=C\CCCCCCC)OC(=O)CCCCCCC/C=C\CCCCCCCCC. The standard InChI is InChI=1S/C64H112O6/c1-4-7-10-13-16-19-22-25-28-30-31-32-33-34-37-39-42-45-48-51-54-57-63(66)69-60-61(59-68-62(65)56-53-50-47-44-41-38-35-27-24-21-18-15-12-9-6-3)70-64(67)58-55-52-49-46-43-40-36-29-26-23-20-17-14-11-8-5-2/h9,12,18,21-22,25,27,29-31,35-36,61H,4-8,10-11,13-17,19-20,23-24,26,28,32-34,37-60H2,1-3H3/b12-9-,21-18-,25-22-,31-30-,35-27-,36-29-. The van der Waals surface area contributed by atoms with Crippen molar-refractivity contribution in [1.82, 2.24) is 0 Å². The first kappa shape index (κ1) is 66.9. The van der Waals surface area contributed by atoms with Crippen LogP contribution in [-0.4, -0.2) is 37.2 Å². The summed E-state index contributed by atoms with van der Waals surface area (Å²) in [7, 11) is 0. The Morgan fingerprint density at radius 3 is 0.886 bits per heavy atom. The molecule has 0 amide bonds. The molecule has 0 aromatic heterocycles. The van der Waals surface area contributed by atoms with Gasteiger partial charge in [0, 0.05) is 19.3 Å². The molecule has 0 N–H and O–H groups in total.